The van der Waals surface area contributed by atoms with E-state index in [0.717, 1.165) is 17.2 Å². The molecule has 3 aromatic rings. The third kappa shape index (κ3) is 4.22. The van der Waals surface area contributed by atoms with E-state index >= 15 is 0 Å². The number of benzene rings is 3. The van der Waals surface area contributed by atoms with Gasteiger partial charge >= 0.3 is 0 Å². The maximum Gasteiger partial charge on any atom is 0.261 e. The maximum absolute atomic E-state index is 12.8. The summed E-state index contributed by atoms with van der Waals surface area (Å²) in [6.07, 6.45) is 0. The Kier molecular flexibility index (Phi) is 5.52. The Balaban J connectivity index is 1.97. The van der Waals surface area contributed by atoms with Gasteiger partial charge in [-0.15, -0.1) is 0 Å². The lowest BCUT2D eigenvalue weighted by atomic mass is 10.1. The quantitative estimate of drug-likeness (QED) is 0.635. The van der Waals surface area contributed by atoms with Gasteiger partial charge in [-0.2, -0.15) is 0 Å². The molecule has 0 aliphatic carbocycles. The number of halogens is 1. The van der Waals surface area contributed by atoms with Crippen molar-refractivity contribution in [3.63, 3.8) is 0 Å². The van der Waals surface area contributed by atoms with Gasteiger partial charge in [0.05, 0.1) is 14.7 Å². The minimum absolute atomic E-state index is 0.0357. The molecule has 0 fully saturated rings. The minimum Gasteiger partial charge on any atom is -0.280 e. The summed E-state index contributed by atoms with van der Waals surface area (Å²) >= 11 is 5.81. The monoisotopic (exact) mass is 435 g/mol. The molecule has 0 aliphatic heterocycles. The molecule has 0 saturated heterocycles. The van der Waals surface area contributed by atoms with E-state index in [2.05, 4.69) is 4.72 Å². The molecule has 3 rings (SSSR count). The standard InChI is InChI=1S/C20H18ClNO4S2/c1-14-6-9-17(12-15(14)2)22-28(25,26)20-5-3-4-19(13-20)27(23,24)18-10-7-16(21)8-11-18/h3-13,22H,1-2H3. The molecule has 3 aromatic carbocycles. The van der Waals surface area contributed by atoms with Crippen molar-refractivity contribution in [2.75, 3.05) is 4.72 Å². The summed E-state index contributed by atoms with van der Waals surface area (Å²) in [6, 6.07) is 16.2. The topological polar surface area (TPSA) is 80.3 Å². The van der Waals surface area contributed by atoms with Crippen LogP contribution in [0.15, 0.2) is 81.4 Å². The normalized spacial score (nSPS) is 12.0. The molecule has 146 valence electrons. The highest BCUT2D eigenvalue weighted by Crippen LogP contribution is 2.25. The van der Waals surface area contributed by atoms with Gasteiger partial charge < -0.3 is 0 Å². The minimum atomic E-state index is -3.95. The smallest absolute Gasteiger partial charge is 0.261 e. The fourth-order valence-electron chi connectivity index (χ4n) is 2.58. The Labute approximate surface area is 170 Å². The lowest BCUT2D eigenvalue weighted by Gasteiger charge is -2.11. The van der Waals surface area contributed by atoms with Gasteiger partial charge in [-0.05, 0) is 79.6 Å². The molecular weight excluding hydrogens is 418 g/mol. The van der Waals surface area contributed by atoms with Gasteiger partial charge in [0.25, 0.3) is 10.0 Å². The van der Waals surface area contributed by atoms with E-state index in [0.29, 0.717) is 10.7 Å². The number of sulfone groups is 1. The fourth-order valence-corrected chi connectivity index (χ4v) is 5.18. The maximum atomic E-state index is 12.8. The second-order valence-corrected chi connectivity index (χ2v) is 10.4. The number of aryl methyl sites for hydroxylation is 2. The van der Waals surface area contributed by atoms with Crippen LogP contribution in [0.2, 0.25) is 5.02 Å². The SMILES string of the molecule is Cc1ccc(NS(=O)(=O)c2cccc(S(=O)(=O)c3ccc(Cl)cc3)c2)cc1C. The first kappa shape index (κ1) is 20.4. The average molecular weight is 436 g/mol. The molecule has 1 N–H and O–H groups in total. The van der Waals surface area contributed by atoms with Crippen LogP contribution >= 0.6 is 11.6 Å². The average Bonchev–Trinajstić information content (AvgIpc) is 2.65. The molecule has 0 radical (unpaired) electrons. The van der Waals surface area contributed by atoms with Crippen LogP contribution in [0, 0.1) is 13.8 Å². The van der Waals surface area contributed by atoms with Crippen molar-refractivity contribution < 1.29 is 16.8 Å². The number of nitrogens with one attached hydrogen (secondary N) is 1. The molecule has 0 amide bonds. The predicted octanol–water partition coefficient (Wildman–Crippen LogP) is 4.59. The van der Waals surface area contributed by atoms with Gasteiger partial charge in [-0.1, -0.05) is 23.7 Å². The van der Waals surface area contributed by atoms with Crippen molar-refractivity contribution in [1.29, 1.82) is 0 Å². The van der Waals surface area contributed by atoms with Crippen LogP contribution in [0.5, 0.6) is 0 Å². The summed E-state index contributed by atoms with van der Waals surface area (Å²) in [5.41, 5.74) is 2.40. The van der Waals surface area contributed by atoms with Crippen molar-refractivity contribution >= 4 is 37.1 Å². The number of rotatable bonds is 5. The molecule has 0 spiro atoms. The highest BCUT2D eigenvalue weighted by molar-refractivity contribution is 7.93. The van der Waals surface area contributed by atoms with Gasteiger partial charge in [-0.25, -0.2) is 16.8 Å². The van der Waals surface area contributed by atoms with Gasteiger partial charge in [0, 0.05) is 10.7 Å². The van der Waals surface area contributed by atoms with Crippen molar-refractivity contribution in [2.24, 2.45) is 0 Å². The highest BCUT2D eigenvalue weighted by Gasteiger charge is 2.21. The van der Waals surface area contributed by atoms with Gasteiger partial charge in [0.1, 0.15) is 0 Å². The van der Waals surface area contributed by atoms with Crippen LogP contribution in [-0.4, -0.2) is 16.8 Å². The van der Waals surface area contributed by atoms with Gasteiger partial charge in [0.2, 0.25) is 9.84 Å². The summed E-state index contributed by atoms with van der Waals surface area (Å²) in [5.74, 6) is 0. The summed E-state index contributed by atoms with van der Waals surface area (Å²) in [5, 5.41) is 0.410. The van der Waals surface area contributed by atoms with Crippen molar-refractivity contribution in [1.82, 2.24) is 0 Å². The first-order valence-electron chi connectivity index (χ1n) is 8.30. The lowest BCUT2D eigenvalue weighted by Crippen LogP contribution is -2.14. The van der Waals surface area contributed by atoms with Crippen molar-refractivity contribution in [3.8, 4) is 0 Å². The first-order chi connectivity index (χ1) is 13.1. The van der Waals surface area contributed by atoms with E-state index in [9.17, 15) is 16.8 Å². The Morgan fingerprint density at radius 2 is 1.36 bits per heavy atom. The van der Waals surface area contributed by atoms with E-state index in [4.69, 9.17) is 11.6 Å². The summed E-state index contributed by atoms with van der Waals surface area (Å²) in [4.78, 5) is -0.216. The molecule has 5 nitrogen and oxygen atoms in total. The molecule has 0 unspecified atom stereocenters. The van der Waals surface area contributed by atoms with Crippen LogP contribution < -0.4 is 4.72 Å². The highest BCUT2D eigenvalue weighted by atomic mass is 35.5. The van der Waals surface area contributed by atoms with E-state index in [1.54, 1.807) is 12.1 Å². The molecule has 0 aromatic heterocycles. The molecule has 0 heterocycles. The van der Waals surface area contributed by atoms with E-state index in [1.807, 2.05) is 19.9 Å². The Hall–Kier alpha value is -2.35. The number of anilines is 1. The largest absolute Gasteiger partial charge is 0.280 e. The van der Waals surface area contributed by atoms with E-state index in [1.165, 1.54) is 42.5 Å². The third-order valence-electron chi connectivity index (χ3n) is 4.31. The second kappa shape index (κ2) is 7.58. The lowest BCUT2D eigenvalue weighted by molar-refractivity contribution is 0.595. The Bertz CT molecular complexity index is 1240. The molecular formula is C20H18ClNO4S2. The molecule has 8 heteroatoms. The zero-order chi connectivity index (χ0) is 20.5. The molecule has 0 saturated carbocycles. The number of sulfonamides is 1. The van der Waals surface area contributed by atoms with Crippen molar-refractivity contribution in [2.45, 2.75) is 28.5 Å². The predicted molar refractivity (Wildman–Crippen MR) is 110 cm³/mol. The zero-order valence-corrected chi connectivity index (χ0v) is 17.6. The zero-order valence-electron chi connectivity index (χ0n) is 15.2. The van der Waals surface area contributed by atoms with Crippen LogP contribution in [-0.2, 0) is 19.9 Å². The van der Waals surface area contributed by atoms with Crippen molar-refractivity contribution in [3.05, 3.63) is 82.9 Å². The molecule has 0 atom stereocenters. The van der Waals surface area contributed by atoms with Gasteiger partial charge in [-0.3, -0.25) is 4.72 Å². The van der Waals surface area contributed by atoms with Crippen LogP contribution in [0.4, 0.5) is 5.69 Å². The summed E-state index contributed by atoms with van der Waals surface area (Å²) in [7, 11) is -7.82. The van der Waals surface area contributed by atoms with Gasteiger partial charge in [0.15, 0.2) is 0 Å². The van der Waals surface area contributed by atoms with E-state index in [-0.39, 0.29) is 14.7 Å². The second-order valence-electron chi connectivity index (χ2n) is 6.34. The number of hydrogen-bond acceptors (Lipinski definition) is 4. The summed E-state index contributed by atoms with van der Waals surface area (Å²) in [6.45, 7) is 3.81. The van der Waals surface area contributed by atoms with Crippen LogP contribution in [0.3, 0.4) is 0 Å². The summed E-state index contributed by atoms with van der Waals surface area (Å²) < 4.78 is 53.6. The first-order valence-corrected chi connectivity index (χ1v) is 11.6. The fraction of sp³-hybridized carbons (Fsp3) is 0.100. The molecule has 28 heavy (non-hydrogen) atoms. The molecule has 0 aliphatic rings. The Morgan fingerprint density at radius 1 is 0.714 bits per heavy atom. The van der Waals surface area contributed by atoms with Crippen LogP contribution in [0.25, 0.3) is 0 Å². The molecule has 0 bridgehead atoms. The van der Waals surface area contributed by atoms with E-state index < -0.39 is 19.9 Å². The number of hydrogen-bond donors (Lipinski definition) is 1. The Morgan fingerprint density at radius 3 is 2.00 bits per heavy atom. The third-order valence-corrected chi connectivity index (χ3v) is 7.71. The van der Waals surface area contributed by atoms with Crippen LogP contribution in [0.1, 0.15) is 11.1 Å².